The van der Waals surface area contributed by atoms with Crippen molar-refractivity contribution in [1.29, 1.82) is 0 Å². The number of rotatable bonds is 3. The number of nitrogens with one attached hydrogen (secondary N) is 1. The number of amides is 4. The van der Waals surface area contributed by atoms with Crippen LogP contribution in [0.2, 0.25) is 5.02 Å². The molecule has 126 valence electrons. The zero-order valence-corrected chi connectivity index (χ0v) is 14.2. The molecule has 2 aromatic carbocycles. The molecule has 2 aromatic rings. The topological polar surface area (TPSA) is 66.5 Å². The minimum absolute atomic E-state index is 0.124. The van der Waals surface area contributed by atoms with E-state index in [0.29, 0.717) is 16.3 Å². The van der Waals surface area contributed by atoms with Crippen LogP contribution in [0.5, 0.6) is 0 Å². The number of barbiturate groups is 1. The summed E-state index contributed by atoms with van der Waals surface area (Å²) < 4.78 is 0. The van der Waals surface area contributed by atoms with E-state index < -0.39 is 17.8 Å². The lowest BCUT2D eigenvalue weighted by Gasteiger charge is -2.26. The summed E-state index contributed by atoms with van der Waals surface area (Å²) in [4.78, 5) is 37.9. The van der Waals surface area contributed by atoms with Gasteiger partial charge in [0, 0.05) is 5.02 Å². The van der Waals surface area contributed by atoms with Gasteiger partial charge in [0.15, 0.2) is 0 Å². The Labute approximate surface area is 149 Å². The summed E-state index contributed by atoms with van der Waals surface area (Å²) in [5, 5.41) is 2.68. The lowest BCUT2D eigenvalue weighted by molar-refractivity contribution is -0.122. The Kier molecular flexibility index (Phi) is 4.67. The van der Waals surface area contributed by atoms with Crippen LogP contribution in [-0.2, 0) is 16.0 Å². The molecule has 1 aliphatic heterocycles. The van der Waals surface area contributed by atoms with Gasteiger partial charge in [0.1, 0.15) is 5.57 Å². The van der Waals surface area contributed by atoms with Gasteiger partial charge in [0.25, 0.3) is 11.8 Å². The van der Waals surface area contributed by atoms with Gasteiger partial charge in [-0.25, -0.2) is 9.69 Å². The average molecular weight is 355 g/mol. The molecule has 4 amide bonds. The number of imide groups is 2. The van der Waals surface area contributed by atoms with Gasteiger partial charge in [-0.1, -0.05) is 42.8 Å². The Hall–Kier alpha value is -2.92. The lowest BCUT2D eigenvalue weighted by atomic mass is 10.1. The van der Waals surface area contributed by atoms with Crippen molar-refractivity contribution in [1.82, 2.24) is 5.32 Å². The number of hydrogen-bond donors (Lipinski definition) is 1. The molecule has 0 unspecified atom stereocenters. The predicted octanol–water partition coefficient (Wildman–Crippen LogP) is 3.57. The van der Waals surface area contributed by atoms with Gasteiger partial charge in [-0.05, 0) is 47.9 Å². The van der Waals surface area contributed by atoms with Crippen molar-refractivity contribution >= 4 is 41.2 Å². The molecule has 1 aliphatic rings. The summed E-state index contributed by atoms with van der Waals surface area (Å²) in [6, 6.07) is 13.0. The molecule has 25 heavy (non-hydrogen) atoms. The number of carbonyl (C=O) groups is 3. The van der Waals surface area contributed by atoms with Gasteiger partial charge in [-0.3, -0.25) is 14.9 Å². The van der Waals surface area contributed by atoms with E-state index in [1.54, 1.807) is 36.4 Å². The molecule has 1 saturated heterocycles. The second kappa shape index (κ2) is 6.91. The van der Waals surface area contributed by atoms with E-state index in [2.05, 4.69) is 5.32 Å². The van der Waals surface area contributed by atoms with Crippen LogP contribution in [0.15, 0.2) is 54.1 Å². The fourth-order valence-electron chi connectivity index (χ4n) is 2.54. The highest BCUT2D eigenvalue weighted by molar-refractivity contribution is 6.39. The number of urea groups is 1. The zero-order valence-electron chi connectivity index (χ0n) is 13.5. The van der Waals surface area contributed by atoms with Crippen molar-refractivity contribution in [2.24, 2.45) is 0 Å². The highest BCUT2D eigenvalue weighted by atomic mass is 35.5. The van der Waals surface area contributed by atoms with Gasteiger partial charge >= 0.3 is 6.03 Å². The first-order valence-electron chi connectivity index (χ1n) is 7.75. The Morgan fingerprint density at radius 3 is 2.44 bits per heavy atom. The highest BCUT2D eigenvalue weighted by Crippen LogP contribution is 2.23. The number of halogens is 1. The van der Waals surface area contributed by atoms with Crippen LogP contribution in [0.1, 0.15) is 18.1 Å². The van der Waals surface area contributed by atoms with Gasteiger partial charge in [0.05, 0.1) is 5.69 Å². The van der Waals surface area contributed by atoms with Crippen LogP contribution in [0, 0.1) is 0 Å². The summed E-state index contributed by atoms with van der Waals surface area (Å²) in [6.07, 6.45) is 2.27. The van der Waals surface area contributed by atoms with E-state index in [-0.39, 0.29) is 5.57 Å². The van der Waals surface area contributed by atoms with Crippen molar-refractivity contribution in [2.45, 2.75) is 13.3 Å². The van der Waals surface area contributed by atoms with Gasteiger partial charge < -0.3 is 0 Å². The normalized spacial score (nSPS) is 16.3. The summed E-state index contributed by atoms with van der Waals surface area (Å²) >= 11 is 5.93. The van der Waals surface area contributed by atoms with Crippen LogP contribution in [0.3, 0.4) is 0 Å². The van der Waals surface area contributed by atoms with Crippen LogP contribution in [0.25, 0.3) is 6.08 Å². The quantitative estimate of drug-likeness (QED) is 0.677. The first kappa shape index (κ1) is 16.9. The van der Waals surface area contributed by atoms with E-state index in [9.17, 15) is 14.4 Å². The Morgan fingerprint density at radius 2 is 1.80 bits per heavy atom. The lowest BCUT2D eigenvalue weighted by Crippen LogP contribution is -2.54. The van der Waals surface area contributed by atoms with Crippen molar-refractivity contribution in [3.05, 3.63) is 70.3 Å². The van der Waals surface area contributed by atoms with E-state index in [1.165, 1.54) is 6.08 Å². The first-order chi connectivity index (χ1) is 12.0. The number of hydrogen-bond acceptors (Lipinski definition) is 3. The van der Waals surface area contributed by atoms with Gasteiger partial charge in [-0.2, -0.15) is 0 Å². The summed E-state index contributed by atoms with van der Waals surface area (Å²) in [6.45, 7) is 2.01. The van der Waals surface area contributed by atoms with Crippen LogP contribution in [0.4, 0.5) is 10.5 Å². The monoisotopic (exact) mass is 354 g/mol. The number of nitrogens with zero attached hydrogens (tertiary/aromatic N) is 1. The summed E-state index contributed by atoms with van der Waals surface area (Å²) in [5.41, 5.74) is 1.96. The van der Waals surface area contributed by atoms with E-state index in [0.717, 1.165) is 16.9 Å². The third-order valence-corrected chi connectivity index (χ3v) is 4.10. The number of aryl methyl sites for hydroxylation is 1. The van der Waals surface area contributed by atoms with Crippen molar-refractivity contribution in [3.8, 4) is 0 Å². The summed E-state index contributed by atoms with van der Waals surface area (Å²) in [7, 11) is 0. The van der Waals surface area contributed by atoms with Gasteiger partial charge in [-0.15, -0.1) is 0 Å². The minimum Gasteiger partial charge on any atom is -0.273 e. The number of carbonyl (C=O) groups excluding carboxylic acids is 3. The highest BCUT2D eigenvalue weighted by Gasteiger charge is 2.36. The molecule has 1 fully saturated rings. The SMILES string of the molecule is CCc1ccc(N2C(=O)NC(=O)/C(=C/c3cccc(Cl)c3)C2=O)cc1. The molecular formula is C19H15ClN2O3. The number of benzene rings is 2. The van der Waals surface area contributed by atoms with Gasteiger partial charge in [0.2, 0.25) is 0 Å². The molecule has 5 nitrogen and oxygen atoms in total. The smallest absolute Gasteiger partial charge is 0.273 e. The molecule has 0 saturated carbocycles. The molecular weight excluding hydrogens is 340 g/mol. The molecule has 3 rings (SSSR count). The standard InChI is InChI=1S/C19H15ClN2O3/c1-2-12-6-8-15(9-7-12)22-18(24)16(17(23)21-19(22)25)11-13-4-3-5-14(20)10-13/h3-11H,2H2,1H3,(H,21,23,25)/b16-11-. The fourth-order valence-corrected chi connectivity index (χ4v) is 2.73. The van der Waals surface area contributed by atoms with Crippen molar-refractivity contribution < 1.29 is 14.4 Å². The Morgan fingerprint density at radius 1 is 1.08 bits per heavy atom. The van der Waals surface area contributed by atoms with Crippen LogP contribution in [-0.4, -0.2) is 17.8 Å². The maximum atomic E-state index is 12.7. The van der Waals surface area contributed by atoms with E-state index in [1.807, 2.05) is 19.1 Å². The molecule has 0 aliphatic carbocycles. The Bertz CT molecular complexity index is 888. The third kappa shape index (κ3) is 3.46. The molecule has 0 bridgehead atoms. The van der Waals surface area contributed by atoms with E-state index >= 15 is 0 Å². The molecule has 0 aromatic heterocycles. The maximum Gasteiger partial charge on any atom is 0.335 e. The molecule has 0 spiro atoms. The zero-order chi connectivity index (χ0) is 18.0. The second-order valence-electron chi connectivity index (χ2n) is 5.53. The molecule has 0 atom stereocenters. The molecule has 1 heterocycles. The molecule has 0 radical (unpaired) electrons. The van der Waals surface area contributed by atoms with Crippen LogP contribution < -0.4 is 10.2 Å². The molecule has 1 N–H and O–H groups in total. The van der Waals surface area contributed by atoms with Crippen molar-refractivity contribution in [3.63, 3.8) is 0 Å². The largest absolute Gasteiger partial charge is 0.335 e. The fraction of sp³-hybridized carbons (Fsp3) is 0.105. The first-order valence-corrected chi connectivity index (χ1v) is 8.13. The predicted molar refractivity (Wildman–Crippen MR) is 96.3 cm³/mol. The van der Waals surface area contributed by atoms with Crippen LogP contribution >= 0.6 is 11.6 Å². The Balaban J connectivity index is 1.99. The van der Waals surface area contributed by atoms with E-state index in [4.69, 9.17) is 11.6 Å². The average Bonchev–Trinajstić information content (AvgIpc) is 2.59. The number of anilines is 1. The second-order valence-corrected chi connectivity index (χ2v) is 5.97. The third-order valence-electron chi connectivity index (χ3n) is 3.86. The summed E-state index contributed by atoms with van der Waals surface area (Å²) in [5.74, 6) is -1.39. The minimum atomic E-state index is -0.762. The van der Waals surface area contributed by atoms with Crippen molar-refractivity contribution in [2.75, 3.05) is 4.90 Å². The molecule has 6 heteroatoms. The maximum absolute atomic E-state index is 12.7.